The molecule has 0 atom stereocenters. The molecule has 0 N–H and O–H groups in total. The summed E-state index contributed by atoms with van der Waals surface area (Å²) >= 11 is 5.01. The Labute approximate surface area is 321 Å². The zero-order valence-electron chi connectivity index (χ0n) is 27.7. The predicted octanol–water partition coefficient (Wildman–Crippen LogP) is 9.47. The van der Waals surface area contributed by atoms with Crippen LogP contribution in [-0.4, -0.2) is 70.3 Å². The van der Waals surface area contributed by atoms with Gasteiger partial charge in [0.2, 0.25) is 11.6 Å². The van der Waals surface area contributed by atoms with Crippen LogP contribution in [0.4, 0.5) is 43.9 Å². The Bertz CT molecular complexity index is 2370. The summed E-state index contributed by atoms with van der Waals surface area (Å²) in [4.78, 5) is 7.63. The van der Waals surface area contributed by atoms with E-state index < -0.39 is 90.4 Å². The Morgan fingerprint density at radius 1 is 0.649 bits per heavy atom. The number of hydrogen-bond acceptors (Lipinski definition) is 9. The number of hydrogen-bond donors (Lipinski definition) is 0. The molecule has 2 aliphatic carbocycles. The van der Waals surface area contributed by atoms with Crippen molar-refractivity contribution in [3.8, 4) is 34.0 Å². The first-order valence-corrected chi connectivity index (χ1v) is 16.3. The summed E-state index contributed by atoms with van der Waals surface area (Å²) in [6.45, 7) is 0. The van der Waals surface area contributed by atoms with Gasteiger partial charge in [0, 0.05) is 79.8 Å². The molecule has 0 bridgehead atoms. The van der Waals surface area contributed by atoms with Crippen LogP contribution in [0.25, 0.3) is 33.5 Å². The lowest BCUT2D eigenvalue weighted by Crippen LogP contribution is -2.43. The summed E-state index contributed by atoms with van der Waals surface area (Å²) in [5, 5.41) is 10.3. The number of methoxy groups -OCH3 is 1. The van der Waals surface area contributed by atoms with Gasteiger partial charge >= 0.3 is 11.5 Å². The monoisotopic (exact) mass is 836 g/mol. The van der Waals surface area contributed by atoms with Gasteiger partial charge in [-0.3, -0.25) is 8.80 Å². The van der Waals surface area contributed by atoms with Gasteiger partial charge in [0.1, 0.15) is 12.2 Å². The minimum atomic E-state index is -3.73. The van der Waals surface area contributed by atoms with Crippen molar-refractivity contribution in [2.45, 2.75) is 76.1 Å². The Kier molecular flexibility index (Phi) is 11.7. The summed E-state index contributed by atoms with van der Waals surface area (Å²) in [5.74, 6) is -9.58. The van der Waals surface area contributed by atoms with Crippen molar-refractivity contribution >= 4 is 22.9 Å². The van der Waals surface area contributed by atoms with Gasteiger partial charge in [-0.1, -0.05) is 14.9 Å². The molecule has 0 saturated heterocycles. The van der Waals surface area contributed by atoms with Crippen LogP contribution >= 0.6 is 11.6 Å². The molecular formula is C35H31ClF10N8O3. The predicted molar refractivity (Wildman–Crippen MR) is 184 cm³/mol. The highest BCUT2D eigenvalue weighted by Gasteiger charge is 2.48. The fraction of sp³-hybridized carbons (Fsp3) is 0.371. The third kappa shape index (κ3) is 8.98. The maximum Gasteiger partial charge on any atom is 0.417 e. The molecule has 0 unspecified atom stereocenters. The zero-order chi connectivity index (χ0) is 39.5. The number of aromatic nitrogens is 8. The van der Waals surface area contributed by atoms with E-state index in [1.54, 1.807) is 0 Å². The molecule has 11 nitrogen and oxygen atoms in total. The van der Waals surface area contributed by atoms with Crippen molar-refractivity contribution in [1.82, 2.24) is 39.2 Å². The van der Waals surface area contributed by atoms with Gasteiger partial charge in [-0.15, -0.1) is 20.4 Å². The molecule has 0 amide bonds. The summed E-state index contributed by atoms with van der Waals surface area (Å²) in [6.07, 6.45) is -2.15. The maximum atomic E-state index is 14.3. The van der Waals surface area contributed by atoms with Gasteiger partial charge in [0.15, 0.2) is 22.9 Å². The summed E-state index contributed by atoms with van der Waals surface area (Å²) in [5.41, 5.74) is 1.51. The van der Waals surface area contributed by atoms with E-state index in [-0.39, 0.29) is 43.2 Å². The quantitative estimate of drug-likeness (QED) is 0.104. The third-order valence-corrected chi connectivity index (χ3v) is 8.69. The normalized spacial score (nSPS) is 16.4. The SMILES string of the molecule is C.C.COC(F)(F)c1nnc2ccc(-c3cnc(OC4CC(F)(F)C4)c(F)c3)cn12.Fc1cc(-c2ccc3nnc(C(F)(F)Cl)n3c2)cnc1OC1CC(F)(F)C1. The van der Waals surface area contributed by atoms with E-state index >= 15 is 0 Å². The lowest BCUT2D eigenvalue weighted by atomic mass is 9.91. The lowest BCUT2D eigenvalue weighted by Gasteiger charge is -2.34. The van der Waals surface area contributed by atoms with Crippen LogP contribution in [0.15, 0.2) is 61.2 Å². The second-order valence-corrected chi connectivity index (χ2v) is 13.1. The first-order valence-electron chi connectivity index (χ1n) is 15.9. The molecule has 6 heterocycles. The first-order chi connectivity index (χ1) is 25.8. The Morgan fingerprint density at radius 3 is 1.42 bits per heavy atom. The second-order valence-electron chi connectivity index (χ2n) is 12.6. The highest BCUT2D eigenvalue weighted by molar-refractivity contribution is 6.21. The van der Waals surface area contributed by atoms with Crippen LogP contribution in [0.5, 0.6) is 11.8 Å². The number of fused-ring (bicyclic) bond motifs is 2. The van der Waals surface area contributed by atoms with Crippen LogP contribution < -0.4 is 9.47 Å². The van der Waals surface area contributed by atoms with Crippen LogP contribution in [0, 0.1) is 11.6 Å². The number of alkyl halides is 9. The molecular weight excluding hydrogens is 806 g/mol. The molecule has 8 rings (SSSR count). The van der Waals surface area contributed by atoms with Gasteiger partial charge < -0.3 is 14.2 Å². The van der Waals surface area contributed by atoms with Crippen molar-refractivity contribution in [3.05, 3.63) is 84.5 Å². The maximum absolute atomic E-state index is 14.3. The third-order valence-electron chi connectivity index (χ3n) is 8.52. The molecule has 2 saturated carbocycles. The molecule has 22 heteroatoms. The van der Waals surface area contributed by atoms with Gasteiger partial charge in [-0.2, -0.15) is 17.6 Å². The average molecular weight is 837 g/mol. The van der Waals surface area contributed by atoms with Crippen LogP contribution in [0.2, 0.25) is 0 Å². The van der Waals surface area contributed by atoms with Crippen molar-refractivity contribution < 1.29 is 58.1 Å². The lowest BCUT2D eigenvalue weighted by molar-refractivity contribution is -0.237. The highest BCUT2D eigenvalue weighted by Crippen LogP contribution is 2.41. The smallest absolute Gasteiger partial charge is 0.417 e. The van der Waals surface area contributed by atoms with Crippen molar-refractivity contribution in [2.75, 3.05) is 7.11 Å². The van der Waals surface area contributed by atoms with Gasteiger partial charge in [-0.25, -0.2) is 36.3 Å². The zero-order valence-corrected chi connectivity index (χ0v) is 28.5. The summed E-state index contributed by atoms with van der Waals surface area (Å²) in [6, 6.07) is 8.04. The molecule has 0 radical (unpaired) electrons. The van der Waals surface area contributed by atoms with Gasteiger partial charge in [-0.05, 0) is 48.0 Å². The van der Waals surface area contributed by atoms with E-state index in [2.05, 4.69) is 35.1 Å². The van der Waals surface area contributed by atoms with Crippen LogP contribution in [0.3, 0.4) is 0 Å². The summed E-state index contributed by atoms with van der Waals surface area (Å²) < 4.78 is 151. The minimum Gasteiger partial charge on any atom is -0.472 e. The van der Waals surface area contributed by atoms with E-state index in [9.17, 15) is 43.9 Å². The topological polar surface area (TPSA) is 114 Å². The second kappa shape index (κ2) is 15.6. The van der Waals surface area contributed by atoms with Crippen molar-refractivity contribution in [3.63, 3.8) is 0 Å². The Morgan fingerprint density at radius 2 is 1.05 bits per heavy atom. The molecule has 2 aliphatic rings. The standard InChI is InChI=1S/C17H13F5N4O2.C16H10ClF5N4O.2CH4/c1-27-17(21,22)15-25-24-13-3-2-9(8-26(13)15)10-4-12(18)14(23-7-10)28-11-5-16(19,20)6-11;17-16(21,22)14-25-24-12-2-1-8(7-26(12)14)9-3-11(18)13(23-6-9)27-10-4-15(19,20)5-10;;/h2-4,7-8,11H,5-6H2,1H3;1-3,6-7,10H,4-5H2;2*1H4. The number of pyridine rings is 4. The Hall–Kier alpha value is -5.31. The molecule has 6 aromatic rings. The molecule has 0 spiro atoms. The van der Waals surface area contributed by atoms with Crippen LogP contribution in [0.1, 0.15) is 52.2 Å². The highest BCUT2D eigenvalue weighted by atomic mass is 35.5. The fourth-order valence-electron chi connectivity index (χ4n) is 5.64. The number of rotatable bonds is 9. The number of ether oxygens (including phenoxy) is 3. The van der Waals surface area contributed by atoms with E-state index in [1.807, 2.05) is 0 Å². The van der Waals surface area contributed by atoms with Crippen LogP contribution in [-0.2, 0) is 16.2 Å². The first kappa shape index (κ1) is 42.8. The van der Waals surface area contributed by atoms with Gasteiger partial charge in [0.25, 0.3) is 23.6 Å². The van der Waals surface area contributed by atoms with E-state index in [0.29, 0.717) is 11.1 Å². The fourth-order valence-corrected chi connectivity index (χ4v) is 5.77. The molecule has 6 aromatic heterocycles. The molecule has 306 valence electrons. The average Bonchev–Trinajstić information content (AvgIpc) is 3.73. The van der Waals surface area contributed by atoms with E-state index in [4.69, 9.17) is 21.1 Å². The molecule has 0 aliphatic heterocycles. The summed E-state index contributed by atoms with van der Waals surface area (Å²) in [7, 11) is 0.834. The van der Waals surface area contributed by atoms with Gasteiger partial charge in [0.05, 0.1) is 0 Å². The van der Waals surface area contributed by atoms with E-state index in [1.165, 1.54) is 49.1 Å². The molecule has 0 aromatic carbocycles. The molecule has 57 heavy (non-hydrogen) atoms. The minimum absolute atomic E-state index is 0. The van der Waals surface area contributed by atoms with Crippen molar-refractivity contribution in [2.24, 2.45) is 0 Å². The Balaban J connectivity index is 0.000000210. The molecule has 2 fully saturated rings. The largest absolute Gasteiger partial charge is 0.472 e. The van der Waals surface area contributed by atoms with Crippen molar-refractivity contribution in [1.29, 1.82) is 0 Å². The number of halogens is 11. The number of nitrogens with zero attached hydrogens (tertiary/aromatic N) is 8. The van der Waals surface area contributed by atoms with E-state index in [0.717, 1.165) is 28.0 Å².